The lowest BCUT2D eigenvalue weighted by Gasteiger charge is -2.32. The maximum atomic E-state index is 6.25. The summed E-state index contributed by atoms with van der Waals surface area (Å²) in [6.45, 7) is 8.33. The second-order valence-corrected chi connectivity index (χ2v) is 9.13. The third-order valence-corrected chi connectivity index (χ3v) is 6.81. The van der Waals surface area contributed by atoms with Gasteiger partial charge in [-0.2, -0.15) is 0 Å². The van der Waals surface area contributed by atoms with E-state index in [0.717, 1.165) is 22.1 Å². The van der Waals surface area contributed by atoms with Crippen molar-refractivity contribution in [3.8, 4) is 22.4 Å². The van der Waals surface area contributed by atoms with E-state index in [9.17, 15) is 0 Å². The number of pyridine rings is 1. The van der Waals surface area contributed by atoms with Gasteiger partial charge in [0.15, 0.2) is 0 Å². The highest BCUT2D eigenvalue weighted by Crippen LogP contribution is 2.47. The lowest BCUT2D eigenvalue weighted by molar-refractivity contribution is 0.00578. The quantitative estimate of drug-likeness (QED) is 0.369. The summed E-state index contributed by atoms with van der Waals surface area (Å²) in [5, 5.41) is 3.68. The second-order valence-electron chi connectivity index (χ2n) is 9.13. The Labute approximate surface area is 170 Å². The Bertz CT molecular complexity index is 1300. The van der Waals surface area contributed by atoms with Crippen LogP contribution in [0.1, 0.15) is 27.7 Å². The Balaban J connectivity index is 1.51. The normalized spacial score (nSPS) is 18.6. The number of hydrogen-bond donors (Lipinski definition) is 0. The molecule has 0 amide bonds. The van der Waals surface area contributed by atoms with Crippen molar-refractivity contribution in [2.75, 3.05) is 0 Å². The summed E-state index contributed by atoms with van der Waals surface area (Å²) in [6, 6.07) is 21.5. The molecule has 0 saturated carbocycles. The van der Waals surface area contributed by atoms with Crippen molar-refractivity contribution < 1.29 is 9.31 Å². The molecule has 6 rings (SSSR count). The van der Waals surface area contributed by atoms with Crippen molar-refractivity contribution in [1.82, 2.24) is 4.98 Å². The highest BCUT2D eigenvalue weighted by Gasteiger charge is 2.51. The van der Waals surface area contributed by atoms with E-state index in [1.54, 1.807) is 0 Å². The van der Waals surface area contributed by atoms with E-state index in [-0.39, 0.29) is 18.3 Å². The summed E-state index contributed by atoms with van der Waals surface area (Å²) in [6.07, 6.45) is 0. The van der Waals surface area contributed by atoms with Crippen LogP contribution in [0.2, 0.25) is 0 Å². The average Bonchev–Trinajstić information content (AvgIpc) is 3.12. The Morgan fingerprint density at radius 3 is 2.14 bits per heavy atom. The Kier molecular flexibility index (Phi) is 3.24. The molecular weight excluding hydrogens is 357 g/mol. The molecule has 0 unspecified atom stereocenters. The maximum absolute atomic E-state index is 6.25. The molecule has 0 N–H and O–H groups in total. The van der Waals surface area contributed by atoms with Crippen LogP contribution in [-0.4, -0.2) is 23.3 Å². The summed E-state index contributed by atoms with van der Waals surface area (Å²) >= 11 is 0. The molecule has 0 atom stereocenters. The zero-order chi connectivity index (χ0) is 20.0. The molecule has 2 heterocycles. The summed E-state index contributed by atoms with van der Waals surface area (Å²) in [5.41, 5.74) is 6.11. The summed E-state index contributed by atoms with van der Waals surface area (Å²) < 4.78 is 12.5. The van der Waals surface area contributed by atoms with Crippen LogP contribution in [0.15, 0.2) is 60.7 Å². The Morgan fingerprint density at radius 2 is 1.41 bits per heavy atom. The summed E-state index contributed by atoms with van der Waals surface area (Å²) in [7, 11) is -0.363. The molecule has 1 aliphatic heterocycles. The van der Waals surface area contributed by atoms with Gasteiger partial charge in [0.2, 0.25) is 0 Å². The van der Waals surface area contributed by atoms with E-state index in [1.807, 2.05) is 0 Å². The minimum Gasteiger partial charge on any atom is -0.399 e. The van der Waals surface area contributed by atoms with E-state index >= 15 is 0 Å². The van der Waals surface area contributed by atoms with Gasteiger partial charge in [-0.25, -0.2) is 4.98 Å². The van der Waals surface area contributed by atoms with Crippen LogP contribution in [0, 0.1) is 0 Å². The fraction of sp³-hybridized carbons (Fsp3) is 0.240. The standard InChI is InChI=1S/C25H22BNO2/c1-24(2)25(3,4)29-26(28-24)17-11-12-21-16(13-17)14-20-18-9-5-7-15-8-6-10-19(22(15)18)23(20)27-21/h5-14H,1-4H3. The number of hydrogen-bond acceptors (Lipinski definition) is 3. The van der Waals surface area contributed by atoms with Gasteiger partial charge in [-0.1, -0.05) is 48.5 Å². The van der Waals surface area contributed by atoms with Crippen molar-refractivity contribution >= 4 is 34.3 Å². The molecule has 1 saturated heterocycles. The van der Waals surface area contributed by atoms with Crippen LogP contribution in [-0.2, 0) is 9.31 Å². The molecular formula is C25H22BNO2. The van der Waals surface area contributed by atoms with Crippen molar-refractivity contribution in [3.63, 3.8) is 0 Å². The van der Waals surface area contributed by atoms with Crippen LogP contribution >= 0.6 is 0 Å². The van der Waals surface area contributed by atoms with E-state index in [4.69, 9.17) is 14.3 Å². The zero-order valence-corrected chi connectivity index (χ0v) is 17.1. The maximum Gasteiger partial charge on any atom is 0.494 e. The van der Waals surface area contributed by atoms with Gasteiger partial charge >= 0.3 is 7.12 Å². The van der Waals surface area contributed by atoms with Crippen LogP contribution in [0.25, 0.3) is 44.1 Å². The molecule has 0 spiro atoms. The van der Waals surface area contributed by atoms with Crippen LogP contribution < -0.4 is 5.46 Å². The number of nitrogens with zero attached hydrogens (tertiary/aromatic N) is 1. The first-order valence-corrected chi connectivity index (χ1v) is 10.2. The number of fused-ring (bicyclic) bond motifs is 4. The summed E-state index contributed by atoms with van der Waals surface area (Å²) in [5.74, 6) is 0. The van der Waals surface area contributed by atoms with Gasteiger partial charge in [0.25, 0.3) is 0 Å². The zero-order valence-electron chi connectivity index (χ0n) is 17.1. The highest BCUT2D eigenvalue weighted by atomic mass is 16.7. The number of rotatable bonds is 1. The molecule has 0 radical (unpaired) electrons. The number of benzene rings is 3. The van der Waals surface area contributed by atoms with Gasteiger partial charge in [0.1, 0.15) is 0 Å². The van der Waals surface area contributed by atoms with E-state index < -0.39 is 0 Å². The minimum atomic E-state index is -0.363. The molecule has 3 aromatic carbocycles. The highest BCUT2D eigenvalue weighted by molar-refractivity contribution is 6.62. The van der Waals surface area contributed by atoms with Gasteiger partial charge in [-0.15, -0.1) is 0 Å². The van der Waals surface area contributed by atoms with E-state index in [2.05, 4.69) is 88.4 Å². The third kappa shape index (κ3) is 2.30. The van der Waals surface area contributed by atoms with Gasteiger partial charge < -0.3 is 9.31 Å². The first-order chi connectivity index (χ1) is 13.8. The molecule has 1 aliphatic carbocycles. The predicted octanol–water partition coefficient (Wildman–Crippen LogP) is 5.33. The van der Waals surface area contributed by atoms with Crippen molar-refractivity contribution in [3.05, 3.63) is 60.7 Å². The fourth-order valence-electron chi connectivity index (χ4n) is 4.49. The second kappa shape index (κ2) is 5.47. The first-order valence-electron chi connectivity index (χ1n) is 10.2. The SMILES string of the molecule is CC1(C)OB(c2ccc3nc4c(cc3c2)-c2cccc3cccc-4c23)OC1(C)C. The molecule has 29 heavy (non-hydrogen) atoms. The first kappa shape index (κ1) is 17.2. The lowest BCUT2D eigenvalue weighted by Crippen LogP contribution is -2.41. The van der Waals surface area contributed by atoms with Crippen molar-refractivity contribution in [2.24, 2.45) is 0 Å². The van der Waals surface area contributed by atoms with Crippen LogP contribution in [0.4, 0.5) is 0 Å². The molecule has 4 aromatic rings. The van der Waals surface area contributed by atoms with Crippen LogP contribution in [0.5, 0.6) is 0 Å². The fourth-order valence-corrected chi connectivity index (χ4v) is 4.49. The Hall–Kier alpha value is -2.69. The lowest BCUT2D eigenvalue weighted by atomic mass is 9.78. The third-order valence-electron chi connectivity index (χ3n) is 6.81. The van der Waals surface area contributed by atoms with Gasteiger partial charge in [-0.05, 0) is 61.6 Å². The molecule has 0 bridgehead atoms. The van der Waals surface area contributed by atoms with Crippen molar-refractivity contribution in [1.29, 1.82) is 0 Å². The van der Waals surface area contributed by atoms with E-state index in [1.165, 1.54) is 27.5 Å². The minimum absolute atomic E-state index is 0.347. The summed E-state index contributed by atoms with van der Waals surface area (Å²) in [4.78, 5) is 5.04. The predicted molar refractivity (Wildman–Crippen MR) is 119 cm³/mol. The molecule has 1 aromatic heterocycles. The molecule has 2 aliphatic rings. The smallest absolute Gasteiger partial charge is 0.399 e. The average molecular weight is 379 g/mol. The molecule has 142 valence electrons. The molecule has 3 nitrogen and oxygen atoms in total. The van der Waals surface area contributed by atoms with Crippen molar-refractivity contribution in [2.45, 2.75) is 38.9 Å². The van der Waals surface area contributed by atoms with Crippen LogP contribution in [0.3, 0.4) is 0 Å². The Morgan fingerprint density at radius 1 is 0.724 bits per heavy atom. The number of aromatic nitrogens is 1. The largest absolute Gasteiger partial charge is 0.494 e. The molecule has 1 fully saturated rings. The van der Waals surface area contributed by atoms with E-state index in [0.29, 0.717) is 0 Å². The topological polar surface area (TPSA) is 31.4 Å². The monoisotopic (exact) mass is 379 g/mol. The molecule has 4 heteroatoms. The van der Waals surface area contributed by atoms with Gasteiger partial charge in [0, 0.05) is 16.5 Å². The van der Waals surface area contributed by atoms with Gasteiger partial charge in [0.05, 0.1) is 22.4 Å². The van der Waals surface area contributed by atoms with Gasteiger partial charge in [-0.3, -0.25) is 0 Å².